The van der Waals surface area contributed by atoms with Gasteiger partial charge in [-0.2, -0.15) is 0 Å². The van der Waals surface area contributed by atoms with E-state index in [0.29, 0.717) is 0 Å². The first kappa shape index (κ1) is 16.0. The molecule has 1 unspecified atom stereocenters. The minimum atomic E-state index is -0.256. The van der Waals surface area contributed by atoms with E-state index in [9.17, 15) is 4.79 Å². The number of amides is 1. The molecule has 1 amide bonds. The van der Waals surface area contributed by atoms with Gasteiger partial charge in [-0.3, -0.25) is 9.79 Å². The van der Waals surface area contributed by atoms with Gasteiger partial charge in [-0.15, -0.1) is 11.8 Å². The van der Waals surface area contributed by atoms with Crippen LogP contribution in [0, 0.1) is 0 Å². The fraction of sp³-hybridized carbons (Fsp3) is 0.500. The van der Waals surface area contributed by atoms with E-state index < -0.39 is 0 Å². The molecule has 0 saturated heterocycles. The van der Waals surface area contributed by atoms with E-state index in [1.807, 2.05) is 37.4 Å². The lowest BCUT2D eigenvalue weighted by molar-refractivity contribution is -0.130. The lowest BCUT2D eigenvalue weighted by Gasteiger charge is -2.19. The average Bonchev–Trinajstić information content (AvgIpc) is 3.01. The summed E-state index contributed by atoms with van der Waals surface area (Å²) in [5.74, 6) is 0.821. The Morgan fingerprint density at radius 2 is 2.10 bits per heavy atom. The molecule has 21 heavy (non-hydrogen) atoms. The van der Waals surface area contributed by atoms with E-state index in [2.05, 4.69) is 4.99 Å². The van der Waals surface area contributed by atoms with Gasteiger partial charge in [0.15, 0.2) is 0 Å². The molecule has 1 aliphatic heterocycles. The van der Waals surface area contributed by atoms with Crippen LogP contribution in [0.25, 0.3) is 0 Å². The van der Waals surface area contributed by atoms with Gasteiger partial charge in [0.05, 0.1) is 5.04 Å². The number of carbonyl (C=O) groups is 1. The summed E-state index contributed by atoms with van der Waals surface area (Å²) in [7, 11) is 1.84. The number of hydrogen-bond acceptors (Lipinski definition) is 4. The molecule has 1 aliphatic rings. The van der Waals surface area contributed by atoms with Gasteiger partial charge in [0.1, 0.15) is 6.04 Å². The van der Waals surface area contributed by atoms with Crippen LogP contribution >= 0.6 is 11.8 Å². The van der Waals surface area contributed by atoms with Crippen molar-refractivity contribution in [3.05, 3.63) is 35.9 Å². The second-order valence-electron chi connectivity index (χ2n) is 5.17. The van der Waals surface area contributed by atoms with E-state index in [-0.39, 0.29) is 18.6 Å². The number of aliphatic hydroxyl groups excluding tert-OH is 1. The number of rotatable bonds is 7. The number of benzene rings is 1. The summed E-state index contributed by atoms with van der Waals surface area (Å²) in [6, 6.07) is 9.75. The second kappa shape index (κ2) is 8.20. The molecule has 0 fully saturated rings. The van der Waals surface area contributed by atoms with Crippen molar-refractivity contribution in [3.8, 4) is 0 Å². The van der Waals surface area contributed by atoms with Crippen LogP contribution in [-0.4, -0.2) is 53.0 Å². The Morgan fingerprint density at radius 1 is 1.33 bits per heavy atom. The Labute approximate surface area is 130 Å². The second-order valence-corrected chi connectivity index (χ2v) is 6.18. The van der Waals surface area contributed by atoms with Crippen LogP contribution in [0.5, 0.6) is 0 Å². The summed E-state index contributed by atoms with van der Waals surface area (Å²) < 4.78 is 0. The molecule has 5 heteroatoms. The predicted octanol–water partition coefficient (Wildman–Crippen LogP) is 2.17. The lowest BCUT2D eigenvalue weighted by Crippen LogP contribution is -2.36. The van der Waals surface area contributed by atoms with Gasteiger partial charge >= 0.3 is 0 Å². The third-order valence-corrected chi connectivity index (χ3v) is 4.58. The van der Waals surface area contributed by atoms with Crippen LogP contribution < -0.4 is 0 Å². The number of likely N-dealkylation sites (N-methyl/N-ethyl adjacent to an activating group) is 1. The number of thioether (sulfide) groups is 1. The van der Waals surface area contributed by atoms with Crippen molar-refractivity contribution in [1.82, 2.24) is 4.90 Å². The summed E-state index contributed by atoms with van der Waals surface area (Å²) in [5.41, 5.74) is 1.09. The maximum absolute atomic E-state index is 12.3. The van der Waals surface area contributed by atoms with Crippen LogP contribution in [0.15, 0.2) is 35.3 Å². The van der Waals surface area contributed by atoms with Gasteiger partial charge in [0.25, 0.3) is 0 Å². The third-order valence-electron chi connectivity index (χ3n) is 3.48. The zero-order chi connectivity index (χ0) is 15.1. The topological polar surface area (TPSA) is 52.9 Å². The fourth-order valence-corrected chi connectivity index (χ4v) is 3.28. The van der Waals surface area contributed by atoms with Crippen LogP contribution in [0.4, 0.5) is 0 Å². The molecule has 1 N–H and O–H groups in total. The van der Waals surface area contributed by atoms with Crippen molar-refractivity contribution in [2.75, 3.05) is 26.0 Å². The maximum atomic E-state index is 12.3. The highest BCUT2D eigenvalue weighted by Gasteiger charge is 2.27. The summed E-state index contributed by atoms with van der Waals surface area (Å²) in [6.07, 6.45) is 2.68. The molecular weight excluding hydrogens is 284 g/mol. The van der Waals surface area contributed by atoms with Crippen molar-refractivity contribution in [3.63, 3.8) is 0 Å². The Morgan fingerprint density at radius 3 is 2.81 bits per heavy atom. The summed E-state index contributed by atoms with van der Waals surface area (Å²) in [5, 5.41) is 9.71. The quantitative estimate of drug-likeness (QED) is 0.786. The first-order chi connectivity index (χ1) is 10.2. The van der Waals surface area contributed by atoms with E-state index in [4.69, 9.17) is 5.11 Å². The number of nitrogens with zero attached hydrogens (tertiary/aromatic N) is 2. The highest BCUT2D eigenvalue weighted by atomic mass is 32.2. The highest BCUT2D eigenvalue weighted by molar-refractivity contribution is 8.14. The van der Waals surface area contributed by atoms with Gasteiger partial charge < -0.3 is 10.0 Å². The molecule has 2 rings (SSSR count). The van der Waals surface area contributed by atoms with E-state index >= 15 is 0 Å². The standard InChI is InChI=1S/C16H22N2O2S/c1-18(10-6-3-7-11-19)16(20)14-12-21-15(17-14)13-8-4-2-5-9-13/h2,4-5,8-9,14,19H,3,6-7,10-12H2,1H3. The SMILES string of the molecule is CN(CCCCCO)C(=O)C1CSC(c2ccccc2)=N1. The molecular formula is C16H22N2O2S. The minimum absolute atomic E-state index is 0.0948. The Hall–Kier alpha value is -1.33. The molecule has 114 valence electrons. The van der Waals surface area contributed by atoms with Crippen LogP contribution in [-0.2, 0) is 4.79 Å². The summed E-state index contributed by atoms with van der Waals surface area (Å²) in [6.45, 7) is 0.956. The van der Waals surface area contributed by atoms with Crippen molar-refractivity contribution >= 4 is 22.7 Å². The number of hydrogen-bond donors (Lipinski definition) is 1. The molecule has 1 aromatic carbocycles. The average molecular weight is 306 g/mol. The third kappa shape index (κ3) is 4.58. The van der Waals surface area contributed by atoms with Gasteiger partial charge in [-0.1, -0.05) is 30.3 Å². The molecule has 0 bridgehead atoms. The highest BCUT2D eigenvalue weighted by Crippen LogP contribution is 2.24. The van der Waals surface area contributed by atoms with Crippen molar-refractivity contribution in [2.24, 2.45) is 4.99 Å². The van der Waals surface area contributed by atoms with E-state index in [1.54, 1.807) is 16.7 Å². The Kier molecular flexibility index (Phi) is 6.26. The normalized spacial score (nSPS) is 17.6. The molecule has 0 spiro atoms. The maximum Gasteiger partial charge on any atom is 0.248 e. The van der Waals surface area contributed by atoms with Crippen LogP contribution in [0.1, 0.15) is 24.8 Å². The predicted molar refractivity (Wildman–Crippen MR) is 87.8 cm³/mol. The molecule has 0 aromatic heterocycles. The lowest BCUT2D eigenvalue weighted by atomic mass is 10.2. The number of carbonyl (C=O) groups excluding carboxylic acids is 1. The monoisotopic (exact) mass is 306 g/mol. The zero-order valence-corrected chi connectivity index (χ0v) is 13.2. The van der Waals surface area contributed by atoms with E-state index in [1.165, 1.54) is 0 Å². The largest absolute Gasteiger partial charge is 0.396 e. The fourth-order valence-electron chi connectivity index (χ4n) is 2.24. The molecule has 1 atom stereocenters. The number of aliphatic hydroxyl groups is 1. The zero-order valence-electron chi connectivity index (χ0n) is 12.4. The molecule has 1 aromatic rings. The number of unbranched alkanes of at least 4 members (excludes halogenated alkanes) is 2. The van der Waals surface area contributed by atoms with E-state index in [0.717, 1.165) is 42.2 Å². The Balaban J connectivity index is 1.87. The van der Waals surface area contributed by atoms with Gasteiger partial charge in [0, 0.05) is 31.5 Å². The van der Waals surface area contributed by atoms with Crippen LogP contribution in [0.2, 0.25) is 0 Å². The molecule has 0 radical (unpaired) electrons. The van der Waals surface area contributed by atoms with Crippen LogP contribution in [0.3, 0.4) is 0 Å². The van der Waals surface area contributed by atoms with Gasteiger partial charge in [-0.05, 0) is 19.3 Å². The molecule has 0 saturated carbocycles. The van der Waals surface area contributed by atoms with Gasteiger partial charge in [0.2, 0.25) is 5.91 Å². The molecule has 0 aliphatic carbocycles. The molecule has 4 nitrogen and oxygen atoms in total. The Bertz CT molecular complexity index is 490. The minimum Gasteiger partial charge on any atom is -0.396 e. The number of aliphatic imine (C=N–C) groups is 1. The summed E-state index contributed by atoms with van der Waals surface area (Å²) >= 11 is 1.65. The summed E-state index contributed by atoms with van der Waals surface area (Å²) in [4.78, 5) is 18.7. The molecule has 1 heterocycles. The smallest absolute Gasteiger partial charge is 0.248 e. The van der Waals surface area contributed by atoms with Gasteiger partial charge in [-0.25, -0.2) is 0 Å². The first-order valence-corrected chi connectivity index (χ1v) is 8.33. The first-order valence-electron chi connectivity index (χ1n) is 7.34. The van der Waals surface area contributed by atoms with Crippen molar-refractivity contribution < 1.29 is 9.90 Å². The van der Waals surface area contributed by atoms with Crippen molar-refractivity contribution in [2.45, 2.75) is 25.3 Å². The van der Waals surface area contributed by atoms with Crippen molar-refractivity contribution in [1.29, 1.82) is 0 Å².